The number of amides is 3. The first-order chi connectivity index (χ1) is 19.2. The lowest BCUT2D eigenvalue weighted by Crippen LogP contribution is -2.59. The minimum atomic E-state index is -0.545. The third kappa shape index (κ3) is 5.32. The minimum absolute atomic E-state index is 0.0454. The van der Waals surface area contributed by atoms with Crippen LogP contribution in [0, 0.1) is 16.7 Å². The van der Waals surface area contributed by atoms with Gasteiger partial charge in [-0.1, -0.05) is 30.7 Å². The summed E-state index contributed by atoms with van der Waals surface area (Å²) >= 11 is 6.32. The number of aliphatic imine (C=N–C) groups is 1. The number of allylic oxidation sites excluding steroid dienone is 3. The zero-order valence-corrected chi connectivity index (χ0v) is 23.4. The van der Waals surface area contributed by atoms with Crippen LogP contribution in [0.2, 0.25) is 0 Å². The first-order valence-corrected chi connectivity index (χ1v) is 13.7. The van der Waals surface area contributed by atoms with Gasteiger partial charge in [-0.25, -0.2) is 4.79 Å². The minimum Gasteiger partial charge on any atom is -0.490 e. The second-order valence-electron chi connectivity index (χ2n) is 10.7. The molecule has 2 aromatic rings. The van der Waals surface area contributed by atoms with E-state index in [2.05, 4.69) is 23.3 Å². The van der Waals surface area contributed by atoms with E-state index in [9.17, 15) is 14.9 Å². The van der Waals surface area contributed by atoms with Gasteiger partial charge in [0.2, 0.25) is 5.91 Å². The number of carbonyl (C=O) groups excluding carboxylic acids is 2. The number of hydrogen-bond acceptors (Lipinski definition) is 6. The van der Waals surface area contributed by atoms with E-state index in [-0.39, 0.29) is 24.6 Å². The number of rotatable bonds is 5. The molecule has 3 atom stereocenters. The van der Waals surface area contributed by atoms with Crippen molar-refractivity contribution in [2.75, 3.05) is 19.6 Å². The Morgan fingerprint density at radius 2 is 2.05 bits per heavy atom. The Balaban J connectivity index is 1.71. The summed E-state index contributed by atoms with van der Waals surface area (Å²) in [6.07, 6.45) is 9.69. The van der Waals surface area contributed by atoms with Gasteiger partial charge in [-0.3, -0.25) is 19.7 Å². The van der Waals surface area contributed by atoms with Crippen molar-refractivity contribution in [3.63, 3.8) is 0 Å². The molecule has 1 aromatic heterocycles. The highest BCUT2D eigenvalue weighted by Crippen LogP contribution is 2.48. The SMILES string of the molecule is CC(C)Oc1cc(C#N)ccc1C1=NC(c2ccncc2)C(C2(C)C=CC(Cl)=CC2)N1C(=O)N1CCNC(=O)C1. The number of benzene rings is 1. The van der Waals surface area contributed by atoms with Crippen molar-refractivity contribution in [1.82, 2.24) is 20.1 Å². The molecule has 3 amide bonds. The molecule has 3 unspecified atom stereocenters. The summed E-state index contributed by atoms with van der Waals surface area (Å²) in [5.74, 6) is 0.682. The normalized spacial score (nSPS) is 24.4. The van der Waals surface area contributed by atoms with Crippen LogP contribution in [-0.4, -0.2) is 64.3 Å². The molecular weight excluding hydrogens is 528 g/mol. The number of amidine groups is 1. The smallest absolute Gasteiger partial charge is 0.326 e. The summed E-state index contributed by atoms with van der Waals surface area (Å²) in [5.41, 5.74) is 1.39. The number of ether oxygens (including phenoxy) is 1. The Labute approximate surface area is 238 Å². The summed E-state index contributed by atoms with van der Waals surface area (Å²) in [5, 5.41) is 13.0. The van der Waals surface area contributed by atoms with Crippen LogP contribution in [0.15, 0.2) is 71.0 Å². The van der Waals surface area contributed by atoms with Crippen LogP contribution in [-0.2, 0) is 4.79 Å². The predicted octanol–water partition coefficient (Wildman–Crippen LogP) is 4.55. The standard InChI is InChI=1S/C30H31ClN6O3/c1-19(2)40-24-16-20(17-32)4-5-23(24)28-35-26(21-8-12-33-13-9-21)27(30(3)10-6-22(31)7-11-30)37(28)29(39)36-15-14-34-25(38)18-36/h4-10,12-13,16,19,26-27H,11,14-15,18H2,1-3H3,(H,34,38). The lowest BCUT2D eigenvalue weighted by molar-refractivity contribution is -0.123. The van der Waals surface area contributed by atoms with E-state index in [1.807, 2.05) is 44.2 Å². The first-order valence-electron chi connectivity index (χ1n) is 13.3. The third-order valence-corrected chi connectivity index (χ3v) is 7.66. The lowest BCUT2D eigenvalue weighted by Gasteiger charge is -2.43. The number of hydrogen-bond donors (Lipinski definition) is 1. The number of aromatic nitrogens is 1. The molecule has 9 nitrogen and oxygen atoms in total. The van der Waals surface area contributed by atoms with Crippen LogP contribution in [0.1, 0.15) is 49.9 Å². The highest BCUT2D eigenvalue weighted by Gasteiger charge is 2.51. The van der Waals surface area contributed by atoms with Crippen molar-refractivity contribution < 1.29 is 14.3 Å². The summed E-state index contributed by atoms with van der Waals surface area (Å²) in [6, 6.07) is 9.92. The molecule has 0 bridgehead atoms. The van der Waals surface area contributed by atoms with Crippen molar-refractivity contribution >= 4 is 29.4 Å². The predicted molar refractivity (Wildman–Crippen MR) is 152 cm³/mol. The van der Waals surface area contributed by atoms with Crippen LogP contribution in [0.4, 0.5) is 4.79 Å². The molecule has 1 saturated heterocycles. The molecule has 3 aliphatic rings. The molecule has 1 N–H and O–H groups in total. The van der Waals surface area contributed by atoms with Crippen LogP contribution < -0.4 is 10.1 Å². The van der Waals surface area contributed by atoms with Crippen LogP contribution >= 0.6 is 11.6 Å². The second kappa shape index (κ2) is 11.1. The van der Waals surface area contributed by atoms with Crippen molar-refractivity contribution in [3.8, 4) is 11.8 Å². The van der Waals surface area contributed by atoms with Crippen molar-refractivity contribution in [2.24, 2.45) is 10.4 Å². The van der Waals surface area contributed by atoms with E-state index in [4.69, 9.17) is 21.3 Å². The maximum Gasteiger partial charge on any atom is 0.326 e. The quantitative estimate of drug-likeness (QED) is 0.578. The fraction of sp³-hybridized carbons (Fsp3) is 0.367. The van der Waals surface area contributed by atoms with Gasteiger partial charge in [0.05, 0.1) is 35.4 Å². The van der Waals surface area contributed by atoms with Crippen molar-refractivity contribution in [2.45, 2.75) is 45.4 Å². The van der Waals surface area contributed by atoms with Gasteiger partial charge in [-0.2, -0.15) is 5.26 Å². The third-order valence-electron chi connectivity index (χ3n) is 7.38. The van der Waals surface area contributed by atoms with Gasteiger partial charge in [-0.15, -0.1) is 0 Å². The molecule has 5 rings (SSSR count). The molecular formula is C30H31ClN6O3. The van der Waals surface area contributed by atoms with Gasteiger partial charge in [-0.05, 0) is 62.2 Å². The number of halogens is 1. The molecule has 206 valence electrons. The number of pyridine rings is 1. The number of nitriles is 1. The average Bonchev–Trinajstić information content (AvgIpc) is 3.36. The molecule has 1 aliphatic carbocycles. The molecule has 2 aliphatic heterocycles. The van der Waals surface area contributed by atoms with Gasteiger partial charge in [0.1, 0.15) is 18.1 Å². The highest BCUT2D eigenvalue weighted by molar-refractivity contribution is 6.31. The summed E-state index contributed by atoms with van der Waals surface area (Å²) in [4.78, 5) is 39.4. The van der Waals surface area contributed by atoms with E-state index in [1.54, 1.807) is 40.4 Å². The van der Waals surface area contributed by atoms with Crippen molar-refractivity contribution in [3.05, 3.63) is 82.7 Å². The van der Waals surface area contributed by atoms with Crippen LogP contribution in [0.3, 0.4) is 0 Å². The number of urea groups is 1. The number of nitrogens with one attached hydrogen (secondary N) is 1. The molecule has 10 heteroatoms. The summed E-state index contributed by atoms with van der Waals surface area (Å²) in [7, 11) is 0. The number of piperazine rings is 1. The van der Waals surface area contributed by atoms with Gasteiger partial charge in [0.25, 0.3) is 0 Å². The Morgan fingerprint density at radius 3 is 2.70 bits per heavy atom. The van der Waals surface area contributed by atoms with E-state index >= 15 is 0 Å². The number of carbonyl (C=O) groups is 2. The molecule has 40 heavy (non-hydrogen) atoms. The second-order valence-corrected chi connectivity index (χ2v) is 11.1. The Bertz CT molecular complexity index is 1450. The molecule has 3 heterocycles. The lowest BCUT2D eigenvalue weighted by atomic mass is 9.72. The zero-order chi connectivity index (χ0) is 28.4. The first kappa shape index (κ1) is 27.4. The maximum atomic E-state index is 14.4. The van der Waals surface area contributed by atoms with Crippen LogP contribution in [0.25, 0.3) is 0 Å². The van der Waals surface area contributed by atoms with E-state index in [0.717, 1.165) is 5.56 Å². The Morgan fingerprint density at radius 1 is 1.27 bits per heavy atom. The van der Waals surface area contributed by atoms with Gasteiger partial charge >= 0.3 is 6.03 Å². The largest absolute Gasteiger partial charge is 0.490 e. The topological polar surface area (TPSA) is 111 Å². The molecule has 0 spiro atoms. The monoisotopic (exact) mass is 558 g/mol. The van der Waals surface area contributed by atoms with Gasteiger partial charge in [0.15, 0.2) is 0 Å². The van der Waals surface area contributed by atoms with Gasteiger partial charge < -0.3 is 15.0 Å². The fourth-order valence-corrected chi connectivity index (χ4v) is 5.58. The molecule has 0 saturated carbocycles. The molecule has 1 fully saturated rings. The van der Waals surface area contributed by atoms with E-state index in [1.165, 1.54) is 0 Å². The maximum absolute atomic E-state index is 14.4. The fourth-order valence-electron chi connectivity index (χ4n) is 5.44. The van der Waals surface area contributed by atoms with Crippen molar-refractivity contribution in [1.29, 1.82) is 5.26 Å². The summed E-state index contributed by atoms with van der Waals surface area (Å²) in [6.45, 7) is 6.60. The van der Waals surface area contributed by atoms with Crippen LogP contribution in [0.5, 0.6) is 5.75 Å². The summed E-state index contributed by atoms with van der Waals surface area (Å²) < 4.78 is 6.15. The zero-order valence-electron chi connectivity index (χ0n) is 22.7. The highest BCUT2D eigenvalue weighted by atomic mass is 35.5. The average molecular weight is 559 g/mol. The Kier molecular flexibility index (Phi) is 7.63. The molecule has 1 aromatic carbocycles. The molecule has 0 radical (unpaired) electrons. The van der Waals surface area contributed by atoms with Gasteiger partial charge in [0, 0.05) is 35.9 Å². The van der Waals surface area contributed by atoms with E-state index < -0.39 is 17.5 Å². The van der Waals surface area contributed by atoms with E-state index in [0.29, 0.717) is 47.3 Å². The Hall–Kier alpha value is -4.16. The number of nitrogens with zero attached hydrogens (tertiary/aromatic N) is 5.